The van der Waals surface area contributed by atoms with Crippen LogP contribution in [0.4, 0.5) is 0 Å². The van der Waals surface area contributed by atoms with Crippen molar-refractivity contribution in [1.82, 2.24) is 10.3 Å². The minimum absolute atomic E-state index is 0.251. The van der Waals surface area contributed by atoms with Crippen LogP contribution in [0.3, 0.4) is 0 Å². The standard InChI is InChI=1S/C14H18N2O/c17-14(13-7-10-3-4-12(13)6-10)16-9-11-2-1-5-15-8-11/h1-2,5,8,10,12-13H,3-4,6-7,9H2,(H,16,17)/t10-,12+,13-/m0/s1. The summed E-state index contributed by atoms with van der Waals surface area (Å²) < 4.78 is 0. The Labute approximate surface area is 102 Å². The molecule has 90 valence electrons. The van der Waals surface area contributed by atoms with Crippen LogP contribution in [0, 0.1) is 17.8 Å². The van der Waals surface area contributed by atoms with Gasteiger partial charge in [0.15, 0.2) is 0 Å². The van der Waals surface area contributed by atoms with Crippen molar-refractivity contribution in [2.24, 2.45) is 17.8 Å². The van der Waals surface area contributed by atoms with Gasteiger partial charge in [0, 0.05) is 24.9 Å². The van der Waals surface area contributed by atoms with E-state index in [1.165, 1.54) is 19.3 Å². The van der Waals surface area contributed by atoms with E-state index in [0.29, 0.717) is 12.5 Å². The molecule has 2 saturated carbocycles. The molecular weight excluding hydrogens is 212 g/mol. The van der Waals surface area contributed by atoms with Crippen LogP contribution >= 0.6 is 0 Å². The van der Waals surface area contributed by atoms with E-state index in [2.05, 4.69) is 10.3 Å². The van der Waals surface area contributed by atoms with Gasteiger partial charge in [0.25, 0.3) is 0 Å². The second-order valence-corrected chi connectivity index (χ2v) is 5.36. The zero-order valence-corrected chi connectivity index (χ0v) is 9.93. The van der Waals surface area contributed by atoms with Gasteiger partial charge in [0.05, 0.1) is 0 Å². The van der Waals surface area contributed by atoms with Crippen molar-refractivity contribution in [2.75, 3.05) is 0 Å². The van der Waals surface area contributed by atoms with E-state index in [9.17, 15) is 4.79 Å². The predicted molar refractivity (Wildman–Crippen MR) is 65.0 cm³/mol. The highest BCUT2D eigenvalue weighted by Gasteiger charge is 2.42. The molecule has 3 atom stereocenters. The summed E-state index contributed by atoms with van der Waals surface area (Å²) >= 11 is 0. The van der Waals surface area contributed by atoms with Crippen molar-refractivity contribution in [3.05, 3.63) is 30.1 Å². The molecule has 3 heteroatoms. The number of aromatic nitrogens is 1. The molecule has 0 aliphatic heterocycles. The van der Waals surface area contributed by atoms with Gasteiger partial charge in [0.1, 0.15) is 0 Å². The van der Waals surface area contributed by atoms with Crippen LogP contribution in [0.1, 0.15) is 31.2 Å². The van der Waals surface area contributed by atoms with E-state index in [0.717, 1.165) is 17.9 Å². The molecule has 1 N–H and O–H groups in total. The summed E-state index contributed by atoms with van der Waals surface area (Å²) in [7, 11) is 0. The zero-order valence-electron chi connectivity index (χ0n) is 9.93. The molecule has 1 amide bonds. The molecule has 0 saturated heterocycles. The van der Waals surface area contributed by atoms with E-state index < -0.39 is 0 Å². The number of hydrogen-bond donors (Lipinski definition) is 1. The van der Waals surface area contributed by atoms with E-state index in [-0.39, 0.29) is 11.8 Å². The third kappa shape index (κ3) is 2.19. The van der Waals surface area contributed by atoms with Crippen molar-refractivity contribution in [2.45, 2.75) is 32.2 Å². The Morgan fingerprint density at radius 1 is 1.41 bits per heavy atom. The molecule has 1 heterocycles. The Bertz CT molecular complexity index is 404. The first-order valence-electron chi connectivity index (χ1n) is 6.49. The molecule has 0 radical (unpaired) electrons. The van der Waals surface area contributed by atoms with Crippen LogP contribution in [0.5, 0.6) is 0 Å². The second kappa shape index (κ2) is 4.47. The van der Waals surface area contributed by atoms with E-state index in [1.54, 1.807) is 12.4 Å². The lowest BCUT2D eigenvalue weighted by molar-refractivity contribution is -0.126. The molecule has 3 rings (SSSR count). The highest BCUT2D eigenvalue weighted by Crippen LogP contribution is 2.48. The molecule has 1 aromatic rings. The Hall–Kier alpha value is -1.38. The molecule has 2 aliphatic rings. The summed E-state index contributed by atoms with van der Waals surface area (Å²) in [6, 6.07) is 3.90. The molecule has 0 unspecified atom stereocenters. The van der Waals surface area contributed by atoms with Crippen molar-refractivity contribution in [3.8, 4) is 0 Å². The topological polar surface area (TPSA) is 42.0 Å². The summed E-state index contributed by atoms with van der Waals surface area (Å²) in [4.78, 5) is 16.1. The summed E-state index contributed by atoms with van der Waals surface area (Å²) in [6.07, 6.45) is 8.56. The number of hydrogen-bond acceptors (Lipinski definition) is 2. The first-order valence-corrected chi connectivity index (χ1v) is 6.49. The van der Waals surface area contributed by atoms with Gasteiger partial charge in [-0.2, -0.15) is 0 Å². The number of amides is 1. The lowest BCUT2D eigenvalue weighted by Crippen LogP contribution is -2.33. The highest BCUT2D eigenvalue weighted by molar-refractivity contribution is 5.79. The van der Waals surface area contributed by atoms with Gasteiger partial charge in [-0.05, 0) is 42.7 Å². The summed E-state index contributed by atoms with van der Waals surface area (Å²) in [6.45, 7) is 0.612. The summed E-state index contributed by atoms with van der Waals surface area (Å²) in [5, 5.41) is 3.05. The van der Waals surface area contributed by atoms with Gasteiger partial charge in [-0.15, -0.1) is 0 Å². The molecule has 2 fully saturated rings. The normalized spacial score (nSPS) is 30.5. The average Bonchev–Trinajstić information content (AvgIpc) is 2.99. The first-order chi connectivity index (χ1) is 8.33. The quantitative estimate of drug-likeness (QED) is 0.864. The first kappa shape index (κ1) is 10.8. The van der Waals surface area contributed by atoms with Crippen LogP contribution in [-0.4, -0.2) is 10.9 Å². The number of nitrogens with zero attached hydrogens (tertiary/aromatic N) is 1. The Morgan fingerprint density at radius 2 is 2.35 bits per heavy atom. The maximum atomic E-state index is 12.1. The third-order valence-electron chi connectivity index (χ3n) is 4.26. The molecule has 1 aromatic heterocycles. The fourth-order valence-electron chi connectivity index (χ4n) is 3.39. The number of rotatable bonds is 3. The van der Waals surface area contributed by atoms with Crippen molar-refractivity contribution < 1.29 is 4.79 Å². The monoisotopic (exact) mass is 230 g/mol. The van der Waals surface area contributed by atoms with E-state index in [4.69, 9.17) is 0 Å². The fraction of sp³-hybridized carbons (Fsp3) is 0.571. The van der Waals surface area contributed by atoms with Gasteiger partial charge < -0.3 is 5.32 Å². The summed E-state index contributed by atoms with van der Waals surface area (Å²) in [5.74, 6) is 2.02. The van der Waals surface area contributed by atoms with Gasteiger partial charge in [-0.3, -0.25) is 9.78 Å². The molecule has 2 bridgehead atoms. The number of carbonyl (C=O) groups is 1. The van der Waals surface area contributed by atoms with Crippen LogP contribution in [-0.2, 0) is 11.3 Å². The van der Waals surface area contributed by atoms with Gasteiger partial charge >= 0.3 is 0 Å². The van der Waals surface area contributed by atoms with Crippen molar-refractivity contribution in [1.29, 1.82) is 0 Å². The number of pyridine rings is 1. The number of fused-ring (bicyclic) bond motifs is 2. The molecular formula is C14H18N2O. The molecule has 0 spiro atoms. The van der Waals surface area contributed by atoms with Crippen LogP contribution in [0.2, 0.25) is 0 Å². The molecule has 0 aromatic carbocycles. The highest BCUT2D eigenvalue weighted by atomic mass is 16.1. The summed E-state index contributed by atoms with van der Waals surface area (Å²) in [5.41, 5.74) is 1.07. The number of nitrogens with one attached hydrogen (secondary N) is 1. The van der Waals surface area contributed by atoms with Gasteiger partial charge in [-0.25, -0.2) is 0 Å². The zero-order chi connectivity index (χ0) is 11.7. The van der Waals surface area contributed by atoms with Crippen molar-refractivity contribution >= 4 is 5.91 Å². The lowest BCUT2D eigenvalue weighted by atomic mass is 9.88. The largest absolute Gasteiger partial charge is 0.352 e. The van der Waals surface area contributed by atoms with Crippen LogP contribution in [0.25, 0.3) is 0 Å². The van der Waals surface area contributed by atoms with Gasteiger partial charge in [-0.1, -0.05) is 12.5 Å². The Kier molecular flexibility index (Phi) is 2.83. The van der Waals surface area contributed by atoms with Crippen LogP contribution in [0.15, 0.2) is 24.5 Å². The Balaban J connectivity index is 1.54. The smallest absolute Gasteiger partial charge is 0.223 e. The minimum Gasteiger partial charge on any atom is -0.352 e. The Morgan fingerprint density at radius 3 is 3.00 bits per heavy atom. The molecule has 2 aliphatic carbocycles. The SMILES string of the molecule is O=C(NCc1cccnc1)[C@H]1C[C@H]2CC[C@@H]1C2. The third-order valence-corrected chi connectivity index (χ3v) is 4.26. The van der Waals surface area contributed by atoms with Gasteiger partial charge in [0.2, 0.25) is 5.91 Å². The fourth-order valence-corrected chi connectivity index (χ4v) is 3.39. The van der Waals surface area contributed by atoms with E-state index in [1.807, 2.05) is 12.1 Å². The average molecular weight is 230 g/mol. The number of carbonyl (C=O) groups excluding carboxylic acids is 1. The predicted octanol–water partition coefficient (Wildman–Crippen LogP) is 2.13. The molecule has 17 heavy (non-hydrogen) atoms. The maximum absolute atomic E-state index is 12.1. The minimum atomic E-state index is 0.251. The molecule has 3 nitrogen and oxygen atoms in total. The van der Waals surface area contributed by atoms with E-state index >= 15 is 0 Å². The maximum Gasteiger partial charge on any atom is 0.223 e. The van der Waals surface area contributed by atoms with Crippen LogP contribution < -0.4 is 5.32 Å². The second-order valence-electron chi connectivity index (χ2n) is 5.36. The lowest BCUT2D eigenvalue weighted by Gasteiger charge is -2.20. The van der Waals surface area contributed by atoms with Crippen molar-refractivity contribution in [3.63, 3.8) is 0 Å².